The standard InChI is InChI=1S/C15H26N2O3/c1-14(19)5-8-17(11-14)13(18)16-12-3-2-4-15(12)6-9-20-10-7-15/h12,19H,2-11H2,1H3,(H,16,18)/t12-,14-/m1/s1. The van der Waals surface area contributed by atoms with Crippen LogP contribution >= 0.6 is 0 Å². The van der Waals surface area contributed by atoms with Gasteiger partial charge >= 0.3 is 6.03 Å². The second-order valence-corrected chi connectivity index (χ2v) is 7.04. The minimum atomic E-state index is -0.719. The Hall–Kier alpha value is -0.810. The van der Waals surface area contributed by atoms with Crippen LogP contribution in [0.5, 0.6) is 0 Å². The van der Waals surface area contributed by atoms with E-state index in [1.165, 1.54) is 12.8 Å². The molecule has 5 heteroatoms. The number of hydrogen-bond acceptors (Lipinski definition) is 3. The summed E-state index contributed by atoms with van der Waals surface area (Å²) >= 11 is 0. The van der Waals surface area contributed by atoms with Crippen LogP contribution in [0.2, 0.25) is 0 Å². The average Bonchev–Trinajstić information content (AvgIpc) is 2.95. The monoisotopic (exact) mass is 282 g/mol. The van der Waals surface area contributed by atoms with Gasteiger partial charge in [-0.05, 0) is 44.4 Å². The molecule has 114 valence electrons. The molecule has 2 heterocycles. The zero-order valence-electron chi connectivity index (χ0n) is 12.4. The maximum atomic E-state index is 12.4. The van der Waals surface area contributed by atoms with Crippen LogP contribution in [0, 0.1) is 5.41 Å². The Bertz CT molecular complexity index is 377. The van der Waals surface area contributed by atoms with E-state index in [0.717, 1.165) is 32.5 Å². The molecule has 0 aromatic carbocycles. The average molecular weight is 282 g/mol. The third-order valence-electron chi connectivity index (χ3n) is 5.43. The van der Waals surface area contributed by atoms with E-state index in [0.29, 0.717) is 19.5 Å². The molecule has 0 unspecified atom stereocenters. The van der Waals surface area contributed by atoms with Crippen molar-refractivity contribution in [2.75, 3.05) is 26.3 Å². The van der Waals surface area contributed by atoms with Crippen molar-refractivity contribution in [3.63, 3.8) is 0 Å². The van der Waals surface area contributed by atoms with Gasteiger partial charge in [0.15, 0.2) is 0 Å². The Morgan fingerprint density at radius 2 is 2.05 bits per heavy atom. The molecule has 1 spiro atoms. The van der Waals surface area contributed by atoms with E-state index in [1.807, 2.05) is 0 Å². The molecule has 2 saturated heterocycles. The molecule has 5 nitrogen and oxygen atoms in total. The number of rotatable bonds is 1. The second-order valence-electron chi connectivity index (χ2n) is 7.04. The van der Waals surface area contributed by atoms with E-state index in [-0.39, 0.29) is 17.5 Å². The normalized spacial score (nSPS) is 36.5. The Morgan fingerprint density at radius 1 is 1.30 bits per heavy atom. The highest BCUT2D eigenvalue weighted by atomic mass is 16.5. The predicted molar refractivity (Wildman–Crippen MR) is 75.5 cm³/mol. The van der Waals surface area contributed by atoms with Gasteiger partial charge in [0.2, 0.25) is 0 Å². The third kappa shape index (κ3) is 2.66. The molecule has 2 aliphatic heterocycles. The molecule has 3 aliphatic rings. The van der Waals surface area contributed by atoms with Crippen LogP contribution in [0.15, 0.2) is 0 Å². The summed E-state index contributed by atoms with van der Waals surface area (Å²) in [4.78, 5) is 14.1. The molecule has 0 aromatic rings. The highest BCUT2D eigenvalue weighted by molar-refractivity contribution is 5.75. The molecule has 3 fully saturated rings. The summed E-state index contributed by atoms with van der Waals surface area (Å²) in [5.74, 6) is 0. The Labute approximate surface area is 120 Å². The fraction of sp³-hybridized carbons (Fsp3) is 0.933. The van der Waals surface area contributed by atoms with Crippen LogP contribution in [0.4, 0.5) is 4.79 Å². The molecule has 1 aliphatic carbocycles. The van der Waals surface area contributed by atoms with Crippen molar-refractivity contribution in [3.05, 3.63) is 0 Å². The van der Waals surface area contributed by atoms with Crippen molar-refractivity contribution in [1.82, 2.24) is 10.2 Å². The van der Waals surface area contributed by atoms with Crippen LogP contribution < -0.4 is 5.32 Å². The molecule has 2 amide bonds. The fourth-order valence-electron chi connectivity index (χ4n) is 4.10. The lowest BCUT2D eigenvalue weighted by atomic mass is 9.75. The van der Waals surface area contributed by atoms with Crippen molar-refractivity contribution < 1.29 is 14.6 Å². The third-order valence-corrected chi connectivity index (χ3v) is 5.43. The molecule has 20 heavy (non-hydrogen) atoms. The maximum absolute atomic E-state index is 12.4. The minimum absolute atomic E-state index is 0.000502. The summed E-state index contributed by atoms with van der Waals surface area (Å²) in [5.41, 5.74) is -0.459. The minimum Gasteiger partial charge on any atom is -0.388 e. The lowest BCUT2D eigenvalue weighted by Gasteiger charge is -2.39. The lowest BCUT2D eigenvalue weighted by Crippen LogP contribution is -2.51. The molecule has 0 aromatic heterocycles. The number of nitrogens with zero attached hydrogens (tertiary/aromatic N) is 1. The predicted octanol–water partition coefficient (Wildman–Crippen LogP) is 1.50. The summed E-state index contributed by atoms with van der Waals surface area (Å²) < 4.78 is 5.48. The van der Waals surface area contributed by atoms with Gasteiger partial charge in [0.05, 0.1) is 12.1 Å². The van der Waals surface area contributed by atoms with Gasteiger partial charge < -0.3 is 20.1 Å². The summed E-state index contributed by atoms with van der Waals surface area (Å²) in [5, 5.41) is 13.2. The van der Waals surface area contributed by atoms with Gasteiger partial charge in [-0.1, -0.05) is 6.42 Å². The van der Waals surface area contributed by atoms with Crippen molar-refractivity contribution in [2.45, 2.75) is 57.1 Å². The van der Waals surface area contributed by atoms with Crippen molar-refractivity contribution in [2.24, 2.45) is 5.41 Å². The molecule has 2 atom stereocenters. The smallest absolute Gasteiger partial charge is 0.317 e. The van der Waals surface area contributed by atoms with E-state index >= 15 is 0 Å². The highest BCUT2D eigenvalue weighted by Gasteiger charge is 2.45. The summed E-state index contributed by atoms with van der Waals surface area (Å²) in [7, 11) is 0. The van der Waals surface area contributed by atoms with Gasteiger partial charge in [0.1, 0.15) is 0 Å². The highest BCUT2D eigenvalue weighted by Crippen LogP contribution is 2.46. The van der Waals surface area contributed by atoms with E-state index in [4.69, 9.17) is 4.74 Å². The Balaban J connectivity index is 1.61. The van der Waals surface area contributed by atoms with E-state index in [9.17, 15) is 9.90 Å². The first-order valence-corrected chi connectivity index (χ1v) is 7.86. The number of carbonyl (C=O) groups is 1. The number of likely N-dealkylation sites (tertiary alicyclic amines) is 1. The first-order chi connectivity index (χ1) is 9.51. The molecule has 1 saturated carbocycles. The lowest BCUT2D eigenvalue weighted by molar-refractivity contribution is 0.00535. The van der Waals surface area contributed by atoms with Gasteiger partial charge in [-0.15, -0.1) is 0 Å². The summed E-state index contributed by atoms with van der Waals surface area (Å²) in [6.07, 6.45) is 6.28. The number of hydrogen-bond donors (Lipinski definition) is 2. The topological polar surface area (TPSA) is 61.8 Å². The number of ether oxygens (including phenoxy) is 1. The molecular weight excluding hydrogens is 256 g/mol. The van der Waals surface area contributed by atoms with Gasteiger partial charge in [-0.2, -0.15) is 0 Å². The van der Waals surface area contributed by atoms with Crippen LogP contribution in [-0.2, 0) is 4.74 Å². The van der Waals surface area contributed by atoms with Gasteiger partial charge in [-0.3, -0.25) is 0 Å². The van der Waals surface area contributed by atoms with Crippen LogP contribution in [-0.4, -0.2) is 54.0 Å². The van der Waals surface area contributed by atoms with Crippen molar-refractivity contribution in [3.8, 4) is 0 Å². The van der Waals surface area contributed by atoms with E-state index in [2.05, 4.69) is 5.32 Å². The fourth-order valence-corrected chi connectivity index (χ4v) is 4.10. The molecule has 0 bridgehead atoms. The first-order valence-electron chi connectivity index (χ1n) is 7.86. The van der Waals surface area contributed by atoms with E-state index < -0.39 is 5.60 Å². The van der Waals surface area contributed by atoms with Crippen molar-refractivity contribution in [1.29, 1.82) is 0 Å². The molecule has 3 rings (SSSR count). The summed E-state index contributed by atoms with van der Waals surface area (Å²) in [6, 6.07) is 0.282. The van der Waals surface area contributed by atoms with Crippen LogP contribution in [0.1, 0.15) is 45.4 Å². The largest absolute Gasteiger partial charge is 0.388 e. The molecule has 2 N–H and O–H groups in total. The Kier molecular flexibility index (Phi) is 3.67. The molecular formula is C15H26N2O3. The zero-order valence-corrected chi connectivity index (χ0v) is 12.4. The number of nitrogens with one attached hydrogen (secondary N) is 1. The quantitative estimate of drug-likeness (QED) is 0.766. The number of β-amino-alcohol motifs (C(OH)–C–C–N with tert-alkyl or cyclic N) is 1. The van der Waals surface area contributed by atoms with E-state index in [1.54, 1.807) is 11.8 Å². The van der Waals surface area contributed by atoms with Crippen molar-refractivity contribution >= 4 is 6.03 Å². The Morgan fingerprint density at radius 3 is 2.70 bits per heavy atom. The number of urea groups is 1. The number of aliphatic hydroxyl groups is 1. The molecule has 0 radical (unpaired) electrons. The van der Waals surface area contributed by atoms with Gasteiger partial charge in [-0.25, -0.2) is 4.79 Å². The summed E-state index contributed by atoms with van der Waals surface area (Å²) in [6.45, 7) is 4.55. The second kappa shape index (κ2) is 5.19. The van der Waals surface area contributed by atoms with Gasteiger partial charge in [0.25, 0.3) is 0 Å². The SMILES string of the molecule is C[C@@]1(O)CCN(C(=O)N[C@@H]2CCCC23CCOCC3)C1. The first kappa shape index (κ1) is 14.1. The van der Waals surface area contributed by atoms with Crippen LogP contribution in [0.25, 0.3) is 0 Å². The maximum Gasteiger partial charge on any atom is 0.317 e. The zero-order chi connectivity index (χ0) is 14.2. The number of carbonyl (C=O) groups excluding carboxylic acids is 1. The van der Waals surface area contributed by atoms with Gasteiger partial charge in [0, 0.05) is 25.8 Å². The van der Waals surface area contributed by atoms with Crippen LogP contribution in [0.3, 0.4) is 0 Å². The number of amides is 2.